The van der Waals surface area contributed by atoms with Crippen LogP contribution in [0.3, 0.4) is 0 Å². The van der Waals surface area contributed by atoms with E-state index in [2.05, 4.69) is 38.0 Å². The Labute approximate surface area is 150 Å². The number of carbonyl (C=O) groups is 1. The molecule has 2 unspecified atom stereocenters. The Bertz CT molecular complexity index is 543. The third kappa shape index (κ3) is 4.77. The molecule has 0 bridgehead atoms. The molecule has 136 valence electrons. The van der Waals surface area contributed by atoms with Crippen molar-refractivity contribution in [3.63, 3.8) is 0 Å². The van der Waals surface area contributed by atoms with E-state index < -0.39 is 0 Å². The molecule has 0 saturated carbocycles. The van der Waals surface area contributed by atoms with Crippen LogP contribution in [0.25, 0.3) is 0 Å². The van der Waals surface area contributed by atoms with Gasteiger partial charge in [-0.2, -0.15) is 0 Å². The van der Waals surface area contributed by atoms with Gasteiger partial charge >= 0.3 is 0 Å². The van der Waals surface area contributed by atoms with E-state index in [1.54, 1.807) is 11.3 Å². The molecule has 2 atom stereocenters. The monoisotopic (exact) mass is 352 g/mol. The third-order valence-electron chi connectivity index (χ3n) is 4.81. The van der Waals surface area contributed by atoms with E-state index in [0.717, 1.165) is 44.8 Å². The molecular weight excluding hydrogens is 320 g/mol. The SMILES string of the molecule is CCC(C)C(N)C(=O)N1CCN(Cc2csc(C(C)(C)C)n2)CC1. The molecule has 0 aliphatic carbocycles. The lowest BCUT2D eigenvalue weighted by Gasteiger charge is -2.36. The van der Waals surface area contributed by atoms with E-state index in [4.69, 9.17) is 10.7 Å². The second-order valence-electron chi connectivity index (χ2n) is 7.91. The van der Waals surface area contributed by atoms with Crippen molar-refractivity contribution >= 4 is 17.2 Å². The van der Waals surface area contributed by atoms with Crippen LogP contribution in [0.5, 0.6) is 0 Å². The molecule has 0 aromatic carbocycles. The zero-order chi connectivity index (χ0) is 17.9. The summed E-state index contributed by atoms with van der Waals surface area (Å²) < 4.78 is 0. The number of aromatic nitrogens is 1. The van der Waals surface area contributed by atoms with Gasteiger partial charge in [0.25, 0.3) is 0 Å². The zero-order valence-electron chi connectivity index (χ0n) is 15.7. The molecular formula is C18H32N4OS. The fourth-order valence-corrected chi connectivity index (χ4v) is 3.69. The molecule has 2 heterocycles. The number of hydrogen-bond acceptors (Lipinski definition) is 5. The van der Waals surface area contributed by atoms with Gasteiger partial charge in [-0.3, -0.25) is 9.69 Å². The fourth-order valence-electron chi connectivity index (χ4n) is 2.79. The highest BCUT2D eigenvalue weighted by Gasteiger charge is 2.28. The van der Waals surface area contributed by atoms with Crippen LogP contribution < -0.4 is 5.73 Å². The summed E-state index contributed by atoms with van der Waals surface area (Å²) in [5.74, 6) is 0.342. The van der Waals surface area contributed by atoms with Crippen LogP contribution in [0.2, 0.25) is 0 Å². The number of carbonyl (C=O) groups excluding carboxylic acids is 1. The maximum Gasteiger partial charge on any atom is 0.239 e. The van der Waals surface area contributed by atoms with Gasteiger partial charge in [-0.1, -0.05) is 41.0 Å². The number of piperazine rings is 1. The average molecular weight is 353 g/mol. The number of thiazole rings is 1. The molecule has 1 amide bonds. The molecule has 1 aromatic rings. The van der Waals surface area contributed by atoms with E-state index in [0.29, 0.717) is 0 Å². The standard InChI is InChI=1S/C18H32N4OS/c1-6-13(2)15(19)16(23)22-9-7-21(8-10-22)11-14-12-24-17(20-14)18(3,4)5/h12-13,15H,6-11,19H2,1-5H3. The molecule has 1 fully saturated rings. The Morgan fingerprint density at radius 1 is 1.33 bits per heavy atom. The number of hydrogen-bond donors (Lipinski definition) is 1. The third-order valence-corrected chi connectivity index (χ3v) is 6.12. The van der Waals surface area contributed by atoms with Gasteiger partial charge in [0.15, 0.2) is 0 Å². The molecule has 1 aliphatic rings. The molecule has 6 heteroatoms. The first-order valence-electron chi connectivity index (χ1n) is 8.94. The lowest BCUT2D eigenvalue weighted by Crippen LogP contribution is -2.54. The number of nitrogens with zero attached hydrogens (tertiary/aromatic N) is 3. The van der Waals surface area contributed by atoms with Crippen LogP contribution in [0.15, 0.2) is 5.38 Å². The molecule has 1 aromatic heterocycles. The lowest BCUT2D eigenvalue weighted by molar-refractivity contribution is -0.135. The molecule has 5 nitrogen and oxygen atoms in total. The highest BCUT2D eigenvalue weighted by molar-refractivity contribution is 7.09. The second-order valence-corrected chi connectivity index (χ2v) is 8.76. The first-order chi connectivity index (χ1) is 11.2. The molecule has 1 saturated heterocycles. The van der Waals surface area contributed by atoms with Crippen LogP contribution in [0, 0.1) is 5.92 Å². The van der Waals surface area contributed by atoms with Crippen LogP contribution in [0.4, 0.5) is 0 Å². The summed E-state index contributed by atoms with van der Waals surface area (Å²) in [7, 11) is 0. The Hall–Kier alpha value is -0.980. The average Bonchev–Trinajstić information content (AvgIpc) is 3.02. The van der Waals surface area contributed by atoms with Crippen molar-refractivity contribution in [3.05, 3.63) is 16.1 Å². The predicted molar refractivity (Wildman–Crippen MR) is 100 cm³/mol. The van der Waals surface area contributed by atoms with Crippen molar-refractivity contribution in [2.24, 2.45) is 11.7 Å². The highest BCUT2D eigenvalue weighted by Crippen LogP contribution is 2.26. The van der Waals surface area contributed by atoms with Gasteiger partial charge in [-0.25, -0.2) is 4.98 Å². The van der Waals surface area contributed by atoms with E-state index >= 15 is 0 Å². The molecule has 1 aliphatic heterocycles. The first-order valence-corrected chi connectivity index (χ1v) is 9.82. The van der Waals surface area contributed by atoms with Crippen molar-refractivity contribution < 1.29 is 4.79 Å². The van der Waals surface area contributed by atoms with E-state index in [1.165, 1.54) is 5.01 Å². The largest absolute Gasteiger partial charge is 0.339 e. The number of rotatable bonds is 5. The summed E-state index contributed by atoms with van der Waals surface area (Å²) in [4.78, 5) is 21.5. The van der Waals surface area contributed by atoms with Gasteiger partial charge in [0.1, 0.15) is 0 Å². The van der Waals surface area contributed by atoms with E-state index in [1.807, 2.05) is 11.8 Å². The minimum atomic E-state index is -0.366. The predicted octanol–water partition coefficient (Wildman–Crippen LogP) is 2.46. The first kappa shape index (κ1) is 19.3. The Balaban J connectivity index is 1.85. The van der Waals surface area contributed by atoms with Crippen molar-refractivity contribution in [3.8, 4) is 0 Å². The van der Waals surface area contributed by atoms with Crippen molar-refractivity contribution in [2.75, 3.05) is 26.2 Å². The fraction of sp³-hybridized carbons (Fsp3) is 0.778. The minimum Gasteiger partial charge on any atom is -0.339 e. The number of nitrogens with two attached hydrogens (primary N) is 1. The maximum atomic E-state index is 12.4. The summed E-state index contributed by atoms with van der Waals surface area (Å²) in [6.45, 7) is 14.9. The molecule has 0 spiro atoms. The van der Waals surface area contributed by atoms with Crippen LogP contribution in [0.1, 0.15) is 51.7 Å². The van der Waals surface area contributed by atoms with Crippen molar-refractivity contribution in [1.82, 2.24) is 14.8 Å². The van der Waals surface area contributed by atoms with E-state index in [-0.39, 0.29) is 23.3 Å². The van der Waals surface area contributed by atoms with Crippen molar-refractivity contribution in [1.29, 1.82) is 0 Å². The summed E-state index contributed by atoms with van der Waals surface area (Å²) >= 11 is 1.74. The zero-order valence-corrected chi connectivity index (χ0v) is 16.5. The van der Waals surface area contributed by atoms with Crippen molar-refractivity contribution in [2.45, 2.75) is 59.0 Å². The maximum absolute atomic E-state index is 12.4. The van der Waals surface area contributed by atoms with Gasteiger partial charge in [0.2, 0.25) is 5.91 Å². The number of amides is 1. The Morgan fingerprint density at radius 2 is 1.96 bits per heavy atom. The van der Waals surface area contributed by atoms with Gasteiger partial charge in [-0.15, -0.1) is 11.3 Å². The molecule has 24 heavy (non-hydrogen) atoms. The summed E-state index contributed by atoms with van der Waals surface area (Å²) in [5, 5.41) is 3.35. The van der Waals surface area contributed by atoms with Gasteiger partial charge in [-0.05, 0) is 5.92 Å². The second kappa shape index (κ2) is 7.93. The minimum absolute atomic E-state index is 0.104. The lowest BCUT2D eigenvalue weighted by atomic mass is 9.98. The summed E-state index contributed by atoms with van der Waals surface area (Å²) in [6, 6.07) is -0.366. The van der Waals surface area contributed by atoms with Gasteiger partial charge in [0, 0.05) is 43.5 Å². The Kier molecular flexibility index (Phi) is 6.39. The van der Waals surface area contributed by atoms with Crippen LogP contribution in [-0.4, -0.2) is 52.9 Å². The molecule has 0 radical (unpaired) electrons. The van der Waals surface area contributed by atoms with Gasteiger partial charge in [0.05, 0.1) is 16.7 Å². The normalized spacial score (nSPS) is 19.3. The molecule has 2 N–H and O–H groups in total. The topological polar surface area (TPSA) is 62.5 Å². The molecule has 2 rings (SSSR count). The van der Waals surface area contributed by atoms with Crippen LogP contribution in [-0.2, 0) is 16.8 Å². The van der Waals surface area contributed by atoms with Crippen LogP contribution >= 0.6 is 11.3 Å². The Morgan fingerprint density at radius 3 is 2.46 bits per heavy atom. The quantitative estimate of drug-likeness (QED) is 0.884. The highest BCUT2D eigenvalue weighted by atomic mass is 32.1. The summed E-state index contributed by atoms with van der Waals surface area (Å²) in [5.41, 5.74) is 7.34. The van der Waals surface area contributed by atoms with E-state index in [9.17, 15) is 4.79 Å². The van der Waals surface area contributed by atoms with Gasteiger partial charge < -0.3 is 10.6 Å². The summed E-state index contributed by atoms with van der Waals surface area (Å²) in [6.07, 6.45) is 0.937. The smallest absolute Gasteiger partial charge is 0.239 e.